The monoisotopic (exact) mass is 247 g/mol. The summed E-state index contributed by atoms with van der Waals surface area (Å²) in [5.41, 5.74) is 1.08. The summed E-state index contributed by atoms with van der Waals surface area (Å²) in [5.74, 6) is -0.610. The van der Waals surface area contributed by atoms with E-state index in [2.05, 4.69) is 0 Å². The summed E-state index contributed by atoms with van der Waals surface area (Å²) in [4.78, 5) is 25.1. The van der Waals surface area contributed by atoms with Crippen LogP contribution in [0.1, 0.15) is 24.9 Å². The van der Waals surface area contributed by atoms with Crippen molar-refractivity contribution in [2.75, 3.05) is 13.7 Å². The van der Waals surface area contributed by atoms with Crippen molar-refractivity contribution in [2.24, 2.45) is 5.92 Å². The quantitative estimate of drug-likeness (QED) is 0.765. The molecule has 1 fully saturated rings. The van der Waals surface area contributed by atoms with E-state index in [9.17, 15) is 9.59 Å². The molecular formula is C14H17NO3. The molecule has 1 aromatic rings. The van der Waals surface area contributed by atoms with Gasteiger partial charge in [0, 0.05) is 13.0 Å². The molecule has 0 aromatic heterocycles. The molecule has 1 heterocycles. The van der Waals surface area contributed by atoms with Gasteiger partial charge in [-0.15, -0.1) is 0 Å². The second-order valence-electron chi connectivity index (χ2n) is 4.56. The van der Waals surface area contributed by atoms with Gasteiger partial charge in [-0.05, 0) is 12.5 Å². The molecule has 1 aliphatic rings. The Kier molecular flexibility index (Phi) is 3.65. The molecule has 1 saturated heterocycles. The number of nitrogens with zero attached hydrogens (tertiary/aromatic N) is 1. The van der Waals surface area contributed by atoms with Gasteiger partial charge in [0.25, 0.3) is 0 Å². The summed E-state index contributed by atoms with van der Waals surface area (Å²) in [6, 6.07) is 9.81. The van der Waals surface area contributed by atoms with Crippen molar-refractivity contribution >= 4 is 11.9 Å². The fraction of sp³-hybridized carbons (Fsp3) is 0.429. The Balaban J connectivity index is 2.10. The predicted molar refractivity (Wildman–Crippen MR) is 66.7 cm³/mol. The van der Waals surface area contributed by atoms with Gasteiger partial charge in [0.05, 0.1) is 19.1 Å². The number of carbonyl (C=O) groups excluding carboxylic acids is 2. The van der Waals surface area contributed by atoms with Crippen LogP contribution in [0.25, 0.3) is 0 Å². The van der Waals surface area contributed by atoms with Gasteiger partial charge in [-0.2, -0.15) is 0 Å². The number of methoxy groups -OCH3 is 1. The molecule has 1 aromatic carbocycles. The van der Waals surface area contributed by atoms with Gasteiger partial charge in [0.15, 0.2) is 0 Å². The van der Waals surface area contributed by atoms with Crippen molar-refractivity contribution in [1.29, 1.82) is 0 Å². The number of amides is 1. The lowest BCUT2D eigenvalue weighted by molar-refractivity contribution is -0.145. The smallest absolute Gasteiger partial charge is 0.310 e. The minimum Gasteiger partial charge on any atom is -0.469 e. The molecule has 1 unspecified atom stereocenters. The first-order chi connectivity index (χ1) is 8.63. The molecule has 0 bridgehead atoms. The second-order valence-corrected chi connectivity index (χ2v) is 4.56. The molecule has 1 amide bonds. The zero-order chi connectivity index (χ0) is 13.1. The van der Waals surface area contributed by atoms with Crippen molar-refractivity contribution in [2.45, 2.75) is 19.4 Å². The summed E-state index contributed by atoms with van der Waals surface area (Å²) >= 11 is 0. The summed E-state index contributed by atoms with van der Waals surface area (Å²) in [5, 5.41) is 0. The normalized spacial score (nSPS) is 20.9. The first kappa shape index (κ1) is 12.6. The van der Waals surface area contributed by atoms with Gasteiger partial charge in [-0.3, -0.25) is 9.59 Å². The minimum absolute atomic E-state index is 0.00615. The summed E-state index contributed by atoms with van der Waals surface area (Å²) < 4.78 is 4.70. The van der Waals surface area contributed by atoms with Crippen LogP contribution in [0.15, 0.2) is 30.3 Å². The van der Waals surface area contributed by atoms with Gasteiger partial charge in [-0.1, -0.05) is 30.3 Å². The van der Waals surface area contributed by atoms with E-state index in [4.69, 9.17) is 4.74 Å². The molecule has 96 valence electrons. The van der Waals surface area contributed by atoms with Gasteiger partial charge in [0.2, 0.25) is 5.91 Å². The Bertz CT molecular complexity index is 444. The fourth-order valence-electron chi connectivity index (χ4n) is 2.34. The van der Waals surface area contributed by atoms with Crippen molar-refractivity contribution < 1.29 is 14.3 Å². The van der Waals surface area contributed by atoms with E-state index in [0.717, 1.165) is 5.56 Å². The third-order valence-corrected chi connectivity index (χ3v) is 3.44. The van der Waals surface area contributed by atoms with Gasteiger partial charge >= 0.3 is 5.97 Å². The van der Waals surface area contributed by atoms with Crippen LogP contribution in [0.2, 0.25) is 0 Å². The SMILES string of the molecule is COC(=O)C1CC(=O)N([C@H](C)c2ccccc2)C1. The lowest BCUT2D eigenvalue weighted by Gasteiger charge is -2.25. The van der Waals surface area contributed by atoms with Crippen LogP contribution in [0, 0.1) is 5.92 Å². The maximum Gasteiger partial charge on any atom is 0.310 e. The largest absolute Gasteiger partial charge is 0.469 e. The predicted octanol–water partition coefficient (Wildman–Crippen LogP) is 1.77. The highest BCUT2D eigenvalue weighted by atomic mass is 16.5. The highest BCUT2D eigenvalue weighted by molar-refractivity contribution is 5.87. The zero-order valence-corrected chi connectivity index (χ0v) is 10.6. The molecule has 0 radical (unpaired) electrons. The third-order valence-electron chi connectivity index (χ3n) is 3.44. The van der Waals surface area contributed by atoms with Gasteiger partial charge < -0.3 is 9.64 Å². The maximum atomic E-state index is 11.9. The van der Waals surface area contributed by atoms with Crippen LogP contribution in [0.4, 0.5) is 0 Å². The fourth-order valence-corrected chi connectivity index (χ4v) is 2.34. The molecule has 18 heavy (non-hydrogen) atoms. The van der Waals surface area contributed by atoms with E-state index in [1.54, 1.807) is 4.90 Å². The summed E-state index contributed by atoms with van der Waals surface area (Å²) in [6.45, 7) is 2.43. The third kappa shape index (κ3) is 2.37. The number of hydrogen-bond donors (Lipinski definition) is 0. The van der Waals surface area contributed by atoms with Crippen molar-refractivity contribution in [3.05, 3.63) is 35.9 Å². The molecule has 1 aliphatic heterocycles. The number of esters is 1. The Labute approximate surface area is 107 Å². The van der Waals surface area contributed by atoms with Crippen LogP contribution < -0.4 is 0 Å². The van der Waals surface area contributed by atoms with Crippen molar-refractivity contribution in [3.63, 3.8) is 0 Å². The lowest BCUT2D eigenvalue weighted by Crippen LogP contribution is -2.29. The van der Waals surface area contributed by atoms with E-state index in [1.807, 2.05) is 37.3 Å². The average Bonchev–Trinajstić information content (AvgIpc) is 2.80. The van der Waals surface area contributed by atoms with Gasteiger partial charge in [-0.25, -0.2) is 0 Å². The maximum absolute atomic E-state index is 11.9. The van der Waals surface area contributed by atoms with Crippen molar-refractivity contribution in [1.82, 2.24) is 4.90 Å². The number of hydrogen-bond acceptors (Lipinski definition) is 3. The molecule has 2 atom stereocenters. The Morgan fingerprint density at radius 3 is 2.67 bits per heavy atom. The number of rotatable bonds is 3. The molecule has 0 N–H and O–H groups in total. The molecule has 0 saturated carbocycles. The Morgan fingerprint density at radius 2 is 2.06 bits per heavy atom. The molecule has 4 nitrogen and oxygen atoms in total. The highest BCUT2D eigenvalue weighted by Gasteiger charge is 2.37. The molecule has 0 spiro atoms. The average molecular weight is 247 g/mol. The second kappa shape index (κ2) is 5.21. The van der Waals surface area contributed by atoms with E-state index in [0.29, 0.717) is 6.54 Å². The summed E-state index contributed by atoms with van der Waals surface area (Å²) in [6.07, 6.45) is 0.254. The molecular weight excluding hydrogens is 230 g/mol. The number of benzene rings is 1. The first-order valence-corrected chi connectivity index (χ1v) is 6.05. The minimum atomic E-state index is -0.325. The van der Waals surface area contributed by atoms with Crippen LogP contribution in [0.5, 0.6) is 0 Å². The lowest BCUT2D eigenvalue weighted by atomic mass is 10.1. The number of carbonyl (C=O) groups is 2. The van der Waals surface area contributed by atoms with Crippen molar-refractivity contribution in [3.8, 4) is 0 Å². The Hall–Kier alpha value is -1.84. The molecule has 4 heteroatoms. The van der Waals surface area contributed by atoms with E-state index in [-0.39, 0.29) is 30.3 Å². The van der Waals surface area contributed by atoms with E-state index >= 15 is 0 Å². The van der Waals surface area contributed by atoms with Crippen LogP contribution in [0.3, 0.4) is 0 Å². The van der Waals surface area contributed by atoms with Crippen LogP contribution in [-0.4, -0.2) is 30.4 Å². The molecule has 0 aliphatic carbocycles. The Morgan fingerprint density at radius 1 is 1.39 bits per heavy atom. The number of ether oxygens (including phenoxy) is 1. The zero-order valence-electron chi connectivity index (χ0n) is 10.6. The van der Waals surface area contributed by atoms with Crippen LogP contribution >= 0.6 is 0 Å². The summed E-state index contributed by atoms with van der Waals surface area (Å²) in [7, 11) is 1.36. The van der Waals surface area contributed by atoms with E-state index in [1.165, 1.54) is 7.11 Å². The highest BCUT2D eigenvalue weighted by Crippen LogP contribution is 2.28. The standard InChI is InChI=1S/C14H17NO3/c1-10(11-6-4-3-5-7-11)15-9-12(8-13(15)16)14(17)18-2/h3-7,10,12H,8-9H2,1-2H3/t10-,12?/m1/s1. The number of likely N-dealkylation sites (tertiary alicyclic amines) is 1. The topological polar surface area (TPSA) is 46.6 Å². The molecule has 2 rings (SSSR count). The first-order valence-electron chi connectivity index (χ1n) is 6.05. The van der Waals surface area contributed by atoms with E-state index < -0.39 is 0 Å². The van der Waals surface area contributed by atoms with Gasteiger partial charge in [0.1, 0.15) is 0 Å². The van der Waals surface area contributed by atoms with Crippen LogP contribution in [-0.2, 0) is 14.3 Å².